The van der Waals surface area contributed by atoms with E-state index < -0.39 is 0 Å². The normalized spacial score (nSPS) is 22.2. The molecule has 0 bridgehead atoms. The molecule has 0 fully saturated rings. The highest BCUT2D eigenvalue weighted by molar-refractivity contribution is 5.98. The highest BCUT2D eigenvalue weighted by atomic mass is 19.1. The zero-order valence-electron chi connectivity index (χ0n) is 20.5. The summed E-state index contributed by atoms with van der Waals surface area (Å²) >= 11 is 0. The lowest BCUT2D eigenvalue weighted by molar-refractivity contribution is -0.114. The fourth-order valence-corrected chi connectivity index (χ4v) is 4.17. The molecule has 1 aliphatic heterocycles. The number of halogens is 1. The first-order chi connectivity index (χ1) is 16.2. The average Bonchev–Trinajstić information content (AvgIpc) is 2.80. The van der Waals surface area contributed by atoms with Gasteiger partial charge in [-0.2, -0.15) is 0 Å². The number of hydrogen-bond acceptors (Lipinski definition) is 5. The summed E-state index contributed by atoms with van der Waals surface area (Å²) in [5, 5.41) is 2.74. The summed E-state index contributed by atoms with van der Waals surface area (Å²) in [6, 6.07) is 11.6. The number of nitrogens with zero attached hydrogens (tertiary/aromatic N) is 2. The predicted octanol–water partition coefficient (Wildman–Crippen LogP) is 3.79. The van der Waals surface area contributed by atoms with Crippen molar-refractivity contribution in [2.75, 3.05) is 39.2 Å². The molecule has 2 amide bonds. The Bertz CT molecular complexity index is 998. The molecule has 3 rings (SSSR count). The molecule has 3 atom stereocenters. The van der Waals surface area contributed by atoms with Gasteiger partial charge in [0.05, 0.1) is 11.7 Å². The predicted molar refractivity (Wildman–Crippen MR) is 129 cm³/mol. The Labute approximate surface area is 200 Å². The Hall–Kier alpha value is -2.97. The number of likely N-dealkylation sites (N-methyl/N-ethyl adjacent to an activating group) is 1. The summed E-state index contributed by atoms with van der Waals surface area (Å²) in [5.41, 5.74) is 1.99. The second-order valence-corrected chi connectivity index (χ2v) is 9.05. The molecule has 0 spiro atoms. The van der Waals surface area contributed by atoms with Crippen LogP contribution in [0.5, 0.6) is 5.75 Å². The van der Waals surface area contributed by atoms with Gasteiger partial charge < -0.3 is 19.7 Å². The van der Waals surface area contributed by atoms with Crippen molar-refractivity contribution < 1.29 is 23.5 Å². The molecule has 2 aromatic rings. The molecule has 0 radical (unpaired) electrons. The number of benzene rings is 2. The van der Waals surface area contributed by atoms with Crippen molar-refractivity contribution in [1.82, 2.24) is 9.80 Å². The van der Waals surface area contributed by atoms with E-state index in [2.05, 4.69) is 24.1 Å². The van der Waals surface area contributed by atoms with Gasteiger partial charge in [0.2, 0.25) is 5.91 Å². The van der Waals surface area contributed by atoms with Crippen molar-refractivity contribution in [3.63, 3.8) is 0 Å². The maximum Gasteiger partial charge on any atom is 0.257 e. The molecule has 1 heterocycles. The van der Waals surface area contributed by atoms with Gasteiger partial charge in [-0.1, -0.05) is 19.1 Å². The molecule has 184 valence electrons. The smallest absolute Gasteiger partial charge is 0.257 e. The minimum absolute atomic E-state index is 0.00506. The molecule has 0 saturated carbocycles. The molecule has 1 N–H and O–H groups in total. The Morgan fingerprint density at radius 2 is 1.88 bits per heavy atom. The van der Waals surface area contributed by atoms with Crippen LogP contribution in [-0.2, 0) is 16.1 Å². The van der Waals surface area contributed by atoms with Gasteiger partial charge in [0.1, 0.15) is 18.2 Å². The van der Waals surface area contributed by atoms with Crippen LogP contribution in [0.1, 0.15) is 36.7 Å². The largest absolute Gasteiger partial charge is 0.491 e. The highest BCUT2D eigenvalue weighted by Crippen LogP contribution is 2.27. The number of carbonyl (C=O) groups is 2. The Balaban J connectivity index is 1.94. The van der Waals surface area contributed by atoms with Gasteiger partial charge in [-0.3, -0.25) is 14.5 Å². The van der Waals surface area contributed by atoms with Crippen molar-refractivity contribution in [3.8, 4) is 5.75 Å². The number of ether oxygens (including phenoxy) is 2. The summed E-state index contributed by atoms with van der Waals surface area (Å²) in [4.78, 5) is 28.7. The summed E-state index contributed by atoms with van der Waals surface area (Å²) in [7, 11) is 3.41. The van der Waals surface area contributed by atoms with Crippen LogP contribution >= 0.6 is 0 Å². The zero-order chi connectivity index (χ0) is 24.8. The lowest BCUT2D eigenvalue weighted by atomic mass is 10.0. The van der Waals surface area contributed by atoms with Crippen LogP contribution in [0, 0.1) is 11.7 Å². The van der Waals surface area contributed by atoms with Crippen LogP contribution in [0.2, 0.25) is 0 Å². The first-order valence-corrected chi connectivity index (χ1v) is 11.5. The SMILES string of the molecule is CO[C@H]1CN(C)C(=O)c2ccc(NC(C)=O)cc2OC[C@@H](C)N(Cc2ccc(F)cc2)C[C@H]1C. The molecule has 8 heteroatoms. The van der Waals surface area contributed by atoms with E-state index in [4.69, 9.17) is 9.47 Å². The number of methoxy groups -OCH3 is 1. The lowest BCUT2D eigenvalue weighted by Gasteiger charge is -2.36. The highest BCUT2D eigenvalue weighted by Gasteiger charge is 2.28. The molecule has 0 aromatic heterocycles. The van der Waals surface area contributed by atoms with Gasteiger partial charge in [0, 0.05) is 58.5 Å². The maximum atomic E-state index is 13.4. The first-order valence-electron chi connectivity index (χ1n) is 11.5. The van der Waals surface area contributed by atoms with E-state index in [9.17, 15) is 14.0 Å². The number of amides is 2. The first kappa shape index (κ1) is 25.6. The molecule has 34 heavy (non-hydrogen) atoms. The van der Waals surface area contributed by atoms with Gasteiger partial charge in [0.15, 0.2) is 0 Å². The van der Waals surface area contributed by atoms with E-state index in [1.807, 2.05) is 0 Å². The third-order valence-electron chi connectivity index (χ3n) is 6.20. The van der Waals surface area contributed by atoms with Crippen molar-refractivity contribution in [2.24, 2.45) is 5.92 Å². The van der Waals surface area contributed by atoms with E-state index in [0.29, 0.717) is 43.2 Å². The van der Waals surface area contributed by atoms with Crippen LogP contribution < -0.4 is 10.1 Å². The van der Waals surface area contributed by atoms with E-state index in [1.54, 1.807) is 49.4 Å². The van der Waals surface area contributed by atoms with Crippen molar-refractivity contribution in [1.29, 1.82) is 0 Å². The van der Waals surface area contributed by atoms with Crippen LogP contribution in [0.4, 0.5) is 10.1 Å². The quantitative estimate of drug-likeness (QED) is 0.735. The van der Waals surface area contributed by atoms with Crippen molar-refractivity contribution in [3.05, 3.63) is 59.4 Å². The van der Waals surface area contributed by atoms with E-state index in [-0.39, 0.29) is 35.7 Å². The molecule has 7 nitrogen and oxygen atoms in total. The number of nitrogens with one attached hydrogen (secondary N) is 1. The van der Waals surface area contributed by atoms with Crippen LogP contribution in [0.3, 0.4) is 0 Å². The molecule has 0 aliphatic carbocycles. The molecule has 0 unspecified atom stereocenters. The standard InChI is InChI=1S/C26H34FN3O4/c1-17-13-30(14-20-6-8-21(27)9-7-20)18(2)16-34-24-12-22(28-19(3)31)10-11-23(24)26(32)29(4)15-25(17)33-5/h6-12,17-18,25H,13-16H2,1-5H3,(H,28,31)/t17-,18-,25+/m1/s1. The Morgan fingerprint density at radius 1 is 1.18 bits per heavy atom. The summed E-state index contributed by atoms with van der Waals surface area (Å²) in [6.07, 6.45) is -0.167. The third-order valence-corrected chi connectivity index (χ3v) is 6.20. The molecular formula is C26H34FN3O4. The van der Waals surface area contributed by atoms with E-state index in [0.717, 1.165) is 5.56 Å². The summed E-state index contributed by atoms with van der Waals surface area (Å²) < 4.78 is 25.3. The monoisotopic (exact) mass is 471 g/mol. The minimum atomic E-state index is -0.263. The van der Waals surface area contributed by atoms with Crippen LogP contribution in [0.25, 0.3) is 0 Å². The van der Waals surface area contributed by atoms with Gasteiger partial charge in [-0.05, 0) is 42.7 Å². The van der Waals surface area contributed by atoms with Gasteiger partial charge in [-0.25, -0.2) is 4.39 Å². The van der Waals surface area contributed by atoms with E-state index >= 15 is 0 Å². The lowest BCUT2D eigenvalue weighted by Crippen LogP contribution is -2.46. The number of carbonyl (C=O) groups excluding carboxylic acids is 2. The van der Waals surface area contributed by atoms with Gasteiger partial charge in [0.25, 0.3) is 5.91 Å². The maximum absolute atomic E-state index is 13.4. The van der Waals surface area contributed by atoms with Crippen LogP contribution in [0.15, 0.2) is 42.5 Å². The van der Waals surface area contributed by atoms with Crippen molar-refractivity contribution in [2.45, 2.75) is 39.5 Å². The minimum Gasteiger partial charge on any atom is -0.491 e. The molecule has 1 aliphatic rings. The molecule has 2 aromatic carbocycles. The second kappa shape index (κ2) is 11.4. The molecular weight excluding hydrogens is 437 g/mol. The zero-order valence-corrected chi connectivity index (χ0v) is 20.5. The average molecular weight is 472 g/mol. The topological polar surface area (TPSA) is 71.1 Å². The van der Waals surface area contributed by atoms with Crippen molar-refractivity contribution >= 4 is 17.5 Å². The summed E-state index contributed by atoms with van der Waals surface area (Å²) in [6.45, 7) is 7.69. The Morgan fingerprint density at radius 3 is 2.53 bits per heavy atom. The van der Waals surface area contributed by atoms with Gasteiger partial charge >= 0.3 is 0 Å². The molecule has 0 saturated heterocycles. The number of anilines is 1. The third kappa shape index (κ3) is 6.55. The van der Waals surface area contributed by atoms with Gasteiger partial charge in [-0.15, -0.1) is 0 Å². The fourth-order valence-electron chi connectivity index (χ4n) is 4.17. The Kier molecular flexibility index (Phi) is 8.63. The van der Waals surface area contributed by atoms with E-state index in [1.165, 1.54) is 19.1 Å². The number of hydrogen-bond donors (Lipinski definition) is 1. The number of rotatable bonds is 4. The second-order valence-electron chi connectivity index (χ2n) is 9.05. The number of fused-ring (bicyclic) bond motifs is 1. The summed E-state index contributed by atoms with van der Waals surface area (Å²) in [5.74, 6) is -0.0910. The van der Waals surface area contributed by atoms with Crippen LogP contribution in [-0.4, -0.2) is 67.6 Å². The fraction of sp³-hybridized carbons (Fsp3) is 0.462.